The predicted octanol–water partition coefficient (Wildman–Crippen LogP) is 3.93. The van der Waals surface area contributed by atoms with Gasteiger partial charge >= 0.3 is 0 Å². The van der Waals surface area contributed by atoms with Gasteiger partial charge in [0.2, 0.25) is 0 Å². The average molecular weight is 260 g/mol. The zero-order chi connectivity index (χ0) is 14.2. The molecule has 0 N–H and O–H groups in total. The van der Waals surface area contributed by atoms with Gasteiger partial charge in [0.25, 0.3) is 0 Å². The largest absolute Gasteiger partial charge is 0.302 e. The van der Waals surface area contributed by atoms with Crippen molar-refractivity contribution in [3.63, 3.8) is 0 Å². The molecule has 0 unspecified atom stereocenters. The molecule has 0 aliphatic heterocycles. The van der Waals surface area contributed by atoms with Gasteiger partial charge in [-0.1, -0.05) is 56.0 Å². The number of rotatable bonds is 1. The van der Waals surface area contributed by atoms with Crippen LogP contribution in [0, 0.1) is 11.8 Å². The molecule has 2 aromatic rings. The lowest BCUT2D eigenvalue weighted by Crippen LogP contribution is -2.14. The van der Waals surface area contributed by atoms with Crippen molar-refractivity contribution >= 4 is 6.29 Å². The van der Waals surface area contributed by atoms with E-state index >= 15 is 0 Å². The molecule has 0 atom stereocenters. The van der Waals surface area contributed by atoms with Crippen LogP contribution in [0.25, 0.3) is 11.1 Å². The second kappa shape index (κ2) is 4.65. The van der Waals surface area contributed by atoms with Gasteiger partial charge in [0.1, 0.15) is 6.29 Å². The third kappa shape index (κ3) is 1.85. The Kier molecular flexibility index (Phi) is 2.95. The van der Waals surface area contributed by atoms with Crippen molar-refractivity contribution in [2.45, 2.75) is 25.7 Å². The van der Waals surface area contributed by atoms with Crippen molar-refractivity contribution in [2.75, 3.05) is 0 Å². The zero-order valence-corrected chi connectivity index (χ0v) is 11.7. The first-order chi connectivity index (χ1) is 9.64. The number of carbonyl (C=O) groups excluding carboxylic acids is 1. The van der Waals surface area contributed by atoms with E-state index in [1.165, 1.54) is 22.3 Å². The maximum absolute atomic E-state index is 10.3. The van der Waals surface area contributed by atoms with Crippen molar-refractivity contribution in [1.29, 1.82) is 0 Å². The molecule has 98 valence electrons. The van der Waals surface area contributed by atoms with Crippen LogP contribution in [-0.2, 0) is 10.2 Å². The average Bonchev–Trinajstić information content (AvgIpc) is 2.69. The molecular formula is C19H16O. The van der Waals surface area contributed by atoms with E-state index < -0.39 is 0 Å². The number of hydrogen-bond donors (Lipinski definition) is 0. The van der Waals surface area contributed by atoms with Crippen molar-refractivity contribution in [3.05, 3.63) is 59.2 Å². The first-order valence-electron chi connectivity index (χ1n) is 6.81. The van der Waals surface area contributed by atoms with Crippen LogP contribution in [0.1, 0.15) is 37.0 Å². The van der Waals surface area contributed by atoms with E-state index in [2.05, 4.69) is 62.1 Å². The molecule has 1 nitrogen and oxygen atoms in total. The highest BCUT2D eigenvalue weighted by molar-refractivity contribution is 5.81. The van der Waals surface area contributed by atoms with Crippen LogP contribution >= 0.6 is 0 Å². The predicted molar refractivity (Wildman–Crippen MR) is 81.6 cm³/mol. The molecule has 0 amide bonds. The molecule has 0 saturated carbocycles. The molecule has 0 spiro atoms. The molecule has 0 heterocycles. The number of carbonyl (C=O) groups is 1. The van der Waals surface area contributed by atoms with E-state index in [0.717, 1.165) is 11.8 Å². The van der Waals surface area contributed by atoms with E-state index in [4.69, 9.17) is 0 Å². The van der Waals surface area contributed by atoms with Crippen LogP contribution in [-0.4, -0.2) is 6.29 Å². The Morgan fingerprint density at radius 1 is 1.05 bits per heavy atom. The SMILES string of the molecule is CC1(C)c2ccccc2-c2ccc(C#CCC=O)cc21. The Bertz CT molecular complexity index is 742. The third-order valence-electron chi connectivity index (χ3n) is 4.00. The first kappa shape index (κ1) is 12.7. The summed E-state index contributed by atoms with van der Waals surface area (Å²) in [5.41, 5.74) is 6.29. The summed E-state index contributed by atoms with van der Waals surface area (Å²) in [5, 5.41) is 0. The molecule has 2 aromatic carbocycles. The second-order valence-electron chi connectivity index (χ2n) is 5.60. The molecule has 3 rings (SSSR count). The van der Waals surface area contributed by atoms with E-state index in [1.807, 2.05) is 6.07 Å². The molecular weight excluding hydrogens is 244 g/mol. The van der Waals surface area contributed by atoms with Crippen LogP contribution in [0.2, 0.25) is 0 Å². The highest BCUT2D eigenvalue weighted by Crippen LogP contribution is 2.48. The van der Waals surface area contributed by atoms with Gasteiger partial charge in [-0.05, 0) is 34.4 Å². The topological polar surface area (TPSA) is 17.1 Å². The van der Waals surface area contributed by atoms with Gasteiger partial charge in [-0.25, -0.2) is 0 Å². The first-order valence-corrected chi connectivity index (χ1v) is 6.81. The van der Waals surface area contributed by atoms with Crippen LogP contribution in [0.5, 0.6) is 0 Å². The summed E-state index contributed by atoms with van der Waals surface area (Å²) in [7, 11) is 0. The smallest absolute Gasteiger partial charge is 0.131 e. The van der Waals surface area contributed by atoms with Crippen molar-refractivity contribution < 1.29 is 4.79 Å². The summed E-state index contributed by atoms with van der Waals surface area (Å²) < 4.78 is 0. The Labute approximate surface area is 119 Å². The molecule has 1 aliphatic carbocycles. The molecule has 1 heteroatoms. The maximum Gasteiger partial charge on any atom is 0.131 e. The van der Waals surface area contributed by atoms with E-state index in [1.54, 1.807) is 0 Å². The highest BCUT2D eigenvalue weighted by atomic mass is 16.1. The highest BCUT2D eigenvalue weighted by Gasteiger charge is 2.34. The van der Waals surface area contributed by atoms with Crippen LogP contribution in [0.3, 0.4) is 0 Å². The zero-order valence-electron chi connectivity index (χ0n) is 11.7. The van der Waals surface area contributed by atoms with Gasteiger partial charge in [-0.3, -0.25) is 0 Å². The van der Waals surface area contributed by atoms with Gasteiger partial charge in [-0.15, -0.1) is 0 Å². The van der Waals surface area contributed by atoms with Gasteiger partial charge in [0.15, 0.2) is 0 Å². The Balaban J connectivity index is 2.13. The Morgan fingerprint density at radius 2 is 1.80 bits per heavy atom. The van der Waals surface area contributed by atoms with Gasteiger partial charge in [0.05, 0.1) is 6.42 Å². The summed E-state index contributed by atoms with van der Waals surface area (Å²) in [4.78, 5) is 10.3. The lowest BCUT2D eigenvalue weighted by Gasteiger charge is -2.21. The molecule has 0 aromatic heterocycles. The monoisotopic (exact) mass is 260 g/mol. The molecule has 0 bridgehead atoms. The molecule has 0 fully saturated rings. The van der Waals surface area contributed by atoms with Crippen LogP contribution in [0.4, 0.5) is 0 Å². The molecule has 0 saturated heterocycles. The van der Waals surface area contributed by atoms with Crippen molar-refractivity contribution in [3.8, 4) is 23.0 Å². The normalized spacial score (nSPS) is 13.9. The van der Waals surface area contributed by atoms with E-state index in [-0.39, 0.29) is 5.41 Å². The number of benzene rings is 2. The second-order valence-corrected chi connectivity index (χ2v) is 5.60. The fourth-order valence-corrected chi connectivity index (χ4v) is 2.98. The number of hydrogen-bond acceptors (Lipinski definition) is 1. The van der Waals surface area contributed by atoms with E-state index in [9.17, 15) is 4.79 Å². The standard InChI is InChI=1S/C19H16O/c1-19(2)17-9-4-3-8-15(17)16-11-10-14(13-18(16)19)7-5-6-12-20/h3-4,8-13H,6H2,1-2H3. The number of aldehydes is 1. The molecule has 1 aliphatic rings. The van der Waals surface area contributed by atoms with Crippen LogP contribution in [0.15, 0.2) is 42.5 Å². The summed E-state index contributed by atoms with van der Waals surface area (Å²) in [6, 6.07) is 14.9. The summed E-state index contributed by atoms with van der Waals surface area (Å²) >= 11 is 0. The summed E-state index contributed by atoms with van der Waals surface area (Å²) in [6.45, 7) is 4.50. The van der Waals surface area contributed by atoms with Gasteiger partial charge in [-0.2, -0.15) is 0 Å². The van der Waals surface area contributed by atoms with E-state index in [0.29, 0.717) is 6.42 Å². The lowest BCUT2D eigenvalue weighted by atomic mass is 9.82. The quantitative estimate of drug-likeness (QED) is 0.561. The Hall–Kier alpha value is -2.33. The summed E-state index contributed by atoms with van der Waals surface area (Å²) in [5.74, 6) is 5.93. The molecule has 20 heavy (non-hydrogen) atoms. The maximum atomic E-state index is 10.3. The van der Waals surface area contributed by atoms with Crippen molar-refractivity contribution in [2.24, 2.45) is 0 Å². The summed E-state index contributed by atoms with van der Waals surface area (Å²) in [6.07, 6.45) is 1.13. The minimum Gasteiger partial charge on any atom is -0.302 e. The van der Waals surface area contributed by atoms with Gasteiger partial charge in [0, 0.05) is 11.0 Å². The minimum absolute atomic E-state index is 0.00821. The minimum atomic E-state index is 0.00821. The fourth-order valence-electron chi connectivity index (χ4n) is 2.98. The third-order valence-corrected chi connectivity index (χ3v) is 4.00. The van der Waals surface area contributed by atoms with Crippen LogP contribution < -0.4 is 0 Å². The van der Waals surface area contributed by atoms with Crippen molar-refractivity contribution in [1.82, 2.24) is 0 Å². The molecule has 0 radical (unpaired) electrons. The fraction of sp³-hybridized carbons (Fsp3) is 0.211. The van der Waals surface area contributed by atoms with Gasteiger partial charge < -0.3 is 4.79 Å². The lowest BCUT2D eigenvalue weighted by molar-refractivity contribution is -0.107. The number of fused-ring (bicyclic) bond motifs is 3. The Morgan fingerprint density at radius 3 is 2.60 bits per heavy atom.